The van der Waals surface area contributed by atoms with Crippen molar-refractivity contribution in [3.05, 3.63) is 35.4 Å². The molecule has 1 N–H and O–H groups in total. The van der Waals surface area contributed by atoms with Crippen molar-refractivity contribution in [2.75, 3.05) is 0 Å². The number of aliphatic hydroxyl groups is 1. The highest BCUT2D eigenvalue weighted by atomic mass is 16.3. The molecule has 1 aromatic carbocycles. The zero-order chi connectivity index (χ0) is 12.3. The molecule has 1 atom stereocenters. The SMILES string of the molecule is Cc1cccc(CC(=O)C(O)C(C)(C)C)c1. The highest BCUT2D eigenvalue weighted by Gasteiger charge is 2.28. The molecular formula is C14H20O2. The Balaban J connectivity index is 2.72. The molecule has 0 fully saturated rings. The number of carbonyl (C=O) groups is 1. The largest absolute Gasteiger partial charge is 0.385 e. The molecule has 0 amide bonds. The van der Waals surface area contributed by atoms with Gasteiger partial charge in [-0.05, 0) is 17.9 Å². The molecule has 88 valence electrons. The predicted octanol–water partition coefficient (Wildman–Crippen LogP) is 2.51. The number of aliphatic hydroxyl groups excluding tert-OH is 1. The van der Waals surface area contributed by atoms with E-state index in [-0.39, 0.29) is 11.2 Å². The first-order valence-corrected chi connectivity index (χ1v) is 5.57. The second-order valence-electron chi connectivity index (χ2n) is 5.40. The van der Waals surface area contributed by atoms with Gasteiger partial charge in [0, 0.05) is 6.42 Å². The molecule has 0 spiro atoms. The van der Waals surface area contributed by atoms with Gasteiger partial charge in [0.2, 0.25) is 0 Å². The molecule has 0 saturated carbocycles. The van der Waals surface area contributed by atoms with E-state index < -0.39 is 6.10 Å². The van der Waals surface area contributed by atoms with Gasteiger partial charge in [-0.1, -0.05) is 50.6 Å². The first kappa shape index (κ1) is 12.9. The smallest absolute Gasteiger partial charge is 0.166 e. The van der Waals surface area contributed by atoms with E-state index in [4.69, 9.17) is 0 Å². The van der Waals surface area contributed by atoms with E-state index >= 15 is 0 Å². The molecule has 1 rings (SSSR count). The monoisotopic (exact) mass is 220 g/mol. The molecule has 0 aliphatic carbocycles. The van der Waals surface area contributed by atoms with Gasteiger partial charge < -0.3 is 5.11 Å². The molecule has 2 heteroatoms. The lowest BCUT2D eigenvalue weighted by Crippen LogP contribution is -2.35. The number of carbonyl (C=O) groups excluding carboxylic acids is 1. The standard InChI is InChI=1S/C14H20O2/c1-10-6-5-7-11(8-10)9-12(15)13(16)14(2,3)4/h5-8,13,16H,9H2,1-4H3. The minimum atomic E-state index is -0.895. The summed E-state index contributed by atoms with van der Waals surface area (Å²) >= 11 is 0. The summed E-state index contributed by atoms with van der Waals surface area (Å²) in [7, 11) is 0. The number of ketones is 1. The lowest BCUT2D eigenvalue weighted by atomic mass is 9.85. The minimum Gasteiger partial charge on any atom is -0.385 e. The first-order chi connectivity index (χ1) is 7.30. The fourth-order valence-corrected chi connectivity index (χ4v) is 1.60. The summed E-state index contributed by atoms with van der Waals surface area (Å²) in [5, 5.41) is 9.84. The van der Waals surface area contributed by atoms with E-state index in [0.29, 0.717) is 6.42 Å². The van der Waals surface area contributed by atoms with Crippen LogP contribution < -0.4 is 0 Å². The van der Waals surface area contributed by atoms with Crippen molar-refractivity contribution in [2.24, 2.45) is 5.41 Å². The lowest BCUT2D eigenvalue weighted by molar-refractivity contribution is -0.131. The second kappa shape index (κ2) is 4.79. The minimum absolute atomic E-state index is 0.113. The molecular weight excluding hydrogens is 200 g/mol. The van der Waals surface area contributed by atoms with Crippen LogP contribution in [-0.2, 0) is 11.2 Å². The van der Waals surface area contributed by atoms with Crippen LogP contribution in [0.4, 0.5) is 0 Å². The van der Waals surface area contributed by atoms with Crippen molar-refractivity contribution in [3.63, 3.8) is 0 Å². The maximum atomic E-state index is 11.8. The van der Waals surface area contributed by atoms with E-state index in [1.54, 1.807) is 0 Å². The highest BCUT2D eigenvalue weighted by Crippen LogP contribution is 2.21. The molecule has 0 saturated heterocycles. The molecule has 1 aromatic rings. The summed E-state index contributed by atoms with van der Waals surface area (Å²) in [5.41, 5.74) is 1.71. The van der Waals surface area contributed by atoms with E-state index in [1.165, 1.54) is 0 Å². The first-order valence-electron chi connectivity index (χ1n) is 5.57. The van der Waals surface area contributed by atoms with Crippen molar-refractivity contribution in [1.29, 1.82) is 0 Å². The third-order valence-corrected chi connectivity index (χ3v) is 2.59. The number of Topliss-reactive ketones (excluding diaryl/α,β-unsaturated/α-hetero) is 1. The normalized spacial score (nSPS) is 13.6. The van der Waals surface area contributed by atoms with Crippen LogP contribution in [0.15, 0.2) is 24.3 Å². The van der Waals surface area contributed by atoms with Crippen molar-refractivity contribution in [3.8, 4) is 0 Å². The Morgan fingerprint density at radius 1 is 1.38 bits per heavy atom. The van der Waals surface area contributed by atoms with Gasteiger partial charge in [-0.25, -0.2) is 0 Å². The van der Waals surface area contributed by atoms with Crippen LogP contribution >= 0.6 is 0 Å². The lowest BCUT2D eigenvalue weighted by Gasteiger charge is -2.24. The van der Waals surface area contributed by atoms with Crippen molar-refractivity contribution >= 4 is 5.78 Å². The number of hydrogen-bond donors (Lipinski definition) is 1. The molecule has 1 unspecified atom stereocenters. The average Bonchev–Trinajstić information content (AvgIpc) is 2.15. The summed E-state index contributed by atoms with van der Waals surface area (Å²) in [6.07, 6.45) is -0.590. The quantitative estimate of drug-likeness (QED) is 0.849. The topological polar surface area (TPSA) is 37.3 Å². The average molecular weight is 220 g/mol. The molecule has 0 aromatic heterocycles. The summed E-state index contributed by atoms with van der Waals surface area (Å²) in [6.45, 7) is 7.59. The number of rotatable bonds is 3. The van der Waals surface area contributed by atoms with Crippen LogP contribution in [0.5, 0.6) is 0 Å². The van der Waals surface area contributed by atoms with Gasteiger partial charge in [0.25, 0.3) is 0 Å². The van der Waals surface area contributed by atoms with Gasteiger partial charge in [-0.2, -0.15) is 0 Å². The Bertz CT molecular complexity index is 375. The van der Waals surface area contributed by atoms with Gasteiger partial charge in [-0.15, -0.1) is 0 Å². The maximum Gasteiger partial charge on any atom is 0.166 e. The van der Waals surface area contributed by atoms with Gasteiger partial charge >= 0.3 is 0 Å². The molecule has 2 nitrogen and oxygen atoms in total. The third-order valence-electron chi connectivity index (χ3n) is 2.59. The Morgan fingerprint density at radius 2 is 2.00 bits per heavy atom. The summed E-state index contributed by atoms with van der Waals surface area (Å²) in [6, 6.07) is 7.82. The maximum absolute atomic E-state index is 11.8. The Labute approximate surface area is 97.3 Å². The summed E-state index contributed by atoms with van der Waals surface area (Å²) < 4.78 is 0. The van der Waals surface area contributed by atoms with Crippen molar-refractivity contribution < 1.29 is 9.90 Å². The number of benzene rings is 1. The zero-order valence-electron chi connectivity index (χ0n) is 10.4. The molecule has 16 heavy (non-hydrogen) atoms. The summed E-state index contributed by atoms with van der Waals surface area (Å²) in [5.74, 6) is -0.113. The van der Waals surface area contributed by atoms with Crippen LogP contribution in [0, 0.1) is 12.3 Å². The van der Waals surface area contributed by atoms with E-state index in [1.807, 2.05) is 52.0 Å². The van der Waals surface area contributed by atoms with Crippen molar-refractivity contribution in [2.45, 2.75) is 40.2 Å². The Hall–Kier alpha value is -1.15. The van der Waals surface area contributed by atoms with Gasteiger partial charge in [0.1, 0.15) is 6.10 Å². The fraction of sp³-hybridized carbons (Fsp3) is 0.500. The predicted molar refractivity (Wildman–Crippen MR) is 65.4 cm³/mol. The van der Waals surface area contributed by atoms with Crippen LogP contribution in [0.2, 0.25) is 0 Å². The Kier molecular flexibility index (Phi) is 3.87. The van der Waals surface area contributed by atoms with Gasteiger partial charge in [-0.3, -0.25) is 4.79 Å². The van der Waals surface area contributed by atoms with E-state index in [2.05, 4.69) is 0 Å². The van der Waals surface area contributed by atoms with Gasteiger partial charge in [0.05, 0.1) is 0 Å². The summed E-state index contributed by atoms with van der Waals surface area (Å²) in [4.78, 5) is 11.8. The van der Waals surface area contributed by atoms with Crippen LogP contribution in [0.3, 0.4) is 0 Å². The highest BCUT2D eigenvalue weighted by molar-refractivity contribution is 5.85. The Morgan fingerprint density at radius 3 is 2.50 bits per heavy atom. The fourth-order valence-electron chi connectivity index (χ4n) is 1.60. The van der Waals surface area contributed by atoms with E-state index in [9.17, 15) is 9.90 Å². The van der Waals surface area contributed by atoms with Gasteiger partial charge in [0.15, 0.2) is 5.78 Å². The molecule has 0 heterocycles. The third kappa shape index (κ3) is 3.46. The molecule has 0 bridgehead atoms. The van der Waals surface area contributed by atoms with Crippen LogP contribution in [0.25, 0.3) is 0 Å². The second-order valence-corrected chi connectivity index (χ2v) is 5.40. The molecule has 0 radical (unpaired) electrons. The number of aryl methyl sites for hydroxylation is 1. The van der Waals surface area contributed by atoms with Crippen LogP contribution in [0.1, 0.15) is 31.9 Å². The molecule has 0 aliphatic rings. The van der Waals surface area contributed by atoms with Crippen molar-refractivity contribution in [1.82, 2.24) is 0 Å². The number of hydrogen-bond acceptors (Lipinski definition) is 2. The van der Waals surface area contributed by atoms with Crippen LogP contribution in [-0.4, -0.2) is 17.0 Å². The molecule has 0 aliphatic heterocycles. The van der Waals surface area contributed by atoms with E-state index in [0.717, 1.165) is 11.1 Å². The zero-order valence-corrected chi connectivity index (χ0v) is 10.4.